The number of rotatable bonds is 2. The quantitative estimate of drug-likeness (QED) is 0.816. The van der Waals surface area contributed by atoms with E-state index in [9.17, 15) is 0 Å². The molecule has 2 rings (SSSR count). The van der Waals surface area contributed by atoms with Gasteiger partial charge in [-0.25, -0.2) is 0 Å². The standard InChI is InChI=1S/C11H12N2O2/c1-7(2)8-3-5-9(6-4-8)10-12-13-11(14)15-10/h3-7H,1-2H3,(H,13,14). The number of hydrogen-bond acceptors (Lipinski definition) is 4. The lowest BCUT2D eigenvalue weighted by molar-refractivity contribution is 0.320. The monoisotopic (exact) mass is 204 g/mol. The van der Waals surface area contributed by atoms with Crippen molar-refractivity contribution < 1.29 is 9.52 Å². The molecular weight excluding hydrogens is 192 g/mol. The molecule has 0 saturated carbocycles. The Labute approximate surface area is 87.6 Å². The Morgan fingerprint density at radius 3 is 2.27 bits per heavy atom. The van der Waals surface area contributed by atoms with Crippen LogP contribution in [0, 0.1) is 0 Å². The van der Waals surface area contributed by atoms with Crippen LogP contribution in [0.2, 0.25) is 0 Å². The summed E-state index contributed by atoms with van der Waals surface area (Å²) in [5.74, 6) is 0.831. The fraction of sp³-hybridized carbons (Fsp3) is 0.273. The SMILES string of the molecule is CC(C)c1ccc(-c2nnc(O)o2)cc1. The van der Waals surface area contributed by atoms with Crippen LogP contribution in [0.5, 0.6) is 6.08 Å². The molecule has 78 valence electrons. The summed E-state index contributed by atoms with van der Waals surface area (Å²) in [5.41, 5.74) is 2.06. The molecule has 1 aromatic carbocycles. The van der Waals surface area contributed by atoms with Crippen molar-refractivity contribution in [1.29, 1.82) is 0 Å². The lowest BCUT2D eigenvalue weighted by atomic mass is 10.0. The highest BCUT2D eigenvalue weighted by Gasteiger charge is 2.07. The lowest BCUT2D eigenvalue weighted by Crippen LogP contribution is -1.86. The van der Waals surface area contributed by atoms with Crippen molar-refractivity contribution in [2.24, 2.45) is 0 Å². The van der Waals surface area contributed by atoms with E-state index in [2.05, 4.69) is 24.0 Å². The zero-order valence-electron chi connectivity index (χ0n) is 8.64. The highest BCUT2D eigenvalue weighted by atomic mass is 16.5. The number of hydrogen-bond donors (Lipinski definition) is 1. The number of nitrogens with zero attached hydrogens (tertiary/aromatic N) is 2. The first-order valence-electron chi connectivity index (χ1n) is 4.79. The molecule has 2 aromatic rings. The van der Waals surface area contributed by atoms with Crippen molar-refractivity contribution in [1.82, 2.24) is 10.2 Å². The van der Waals surface area contributed by atoms with Gasteiger partial charge in [-0.15, -0.1) is 5.10 Å². The predicted octanol–water partition coefficient (Wildman–Crippen LogP) is 2.57. The summed E-state index contributed by atoms with van der Waals surface area (Å²) in [6.07, 6.45) is -0.405. The Kier molecular flexibility index (Phi) is 2.41. The number of aromatic hydroxyl groups is 1. The first kappa shape index (κ1) is 9.71. The van der Waals surface area contributed by atoms with Gasteiger partial charge in [0.1, 0.15) is 0 Å². The van der Waals surface area contributed by atoms with Gasteiger partial charge in [0.05, 0.1) is 0 Å². The summed E-state index contributed by atoms with van der Waals surface area (Å²) in [4.78, 5) is 0. The molecule has 1 heterocycles. The molecule has 0 radical (unpaired) electrons. The summed E-state index contributed by atoms with van der Waals surface area (Å²) in [6.45, 7) is 4.26. The van der Waals surface area contributed by atoms with Gasteiger partial charge in [-0.05, 0) is 23.6 Å². The van der Waals surface area contributed by atoms with E-state index in [0.29, 0.717) is 11.8 Å². The molecular formula is C11H12N2O2. The second-order valence-electron chi connectivity index (χ2n) is 3.67. The summed E-state index contributed by atoms with van der Waals surface area (Å²) < 4.78 is 4.90. The molecule has 4 nitrogen and oxygen atoms in total. The predicted molar refractivity (Wildman–Crippen MR) is 55.5 cm³/mol. The third kappa shape index (κ3) is 1.98. The van der Waals surface area contributed by atoms with Gasteiger partial charge in [-0.2, -0.15) is 0 Å². The van der Waals surface area contributed by atoms with E-state index in [-0.39, 0.29) is 0 Å². The molecule has 15 heavy (non-hydrogen) atoms. The molecule has 0 bridgehead atoms. The molecule has 0 atom stereocenters. The van der Waals surface area contributed by atoms with Gasteiger partial charge >= 0.3 is 6.08 Å². The fourth-order valence-electron chi connectivity index (χ4n) is 1.34. The van der Waals surface area contributed by atoms with Crippen molar-refractivity contribution in [3.8, 4) is 17.5 Å². The first-order chi connectivity index (χ1) is 7.16. The van der Waals surface area contributed by atoms with E-state index in [1.165, 1.54) is 5.56 Å². The second-order valence-corrected chi connectivity index (χ2v) is 3.67. The average Bonchev–Trinajstić information content (AvgIpc) is 2.65. The van der Waals surface area contributed by atoms with Crippen molar-refractivity contribution in [3.05, 3.63) is 29.8 Å². The van der Waals surface area contributed by atoms with Crippen LogP contribution in [0.25, 0.3) is 11.5 Å². The maximum Gasteiger partial charge on any atom is 0.412 e. The van der Waals surface area contributed by atoms with E-state index >= 15 is 0 Å². The Morgan fingerprint density at radius 2 is 1.80 bits per heavy atom. The highest BCUT2D eigenvalue weighted by Crippen LogP contribution is 2.22. The Balaban J connectivity index is 2.31. The van der Waals surface area contributed by atoms with Crippen molar-refractivity contribution >= 4 is 0 Å². The van der Waals surface area contributed by atoms with Gasteiger partial charge in [-0.1, -0.05) is 31.1 Å². The molecule has 0 aliphatic rings. The van der Waals surface area contributed by atoms with E-state index in [4.69, 9.17) is 9.52 Å². The molecule has 0 amide bonds. The first-order valence-corrected chi connectivity index (χ1v) is 4.79. The number of benzene rings is 1. The minimum absolute atomic E-state index is 0.336. The molecule has 4 heteroatoms. The van der Waals surface area contributed by atoms with Crippen molar-refractivity contribution in [2.75, 3.05) is 0 Å². The van der Waals surface area contributed by atoms with Gasteiger partial charge in [0.15, 0.2) is 0 Å². The van der Waals surface area contributed by atoms with Crippen molar-refractivity contribution in [2.45, 2.75) is 19.8 Å². The van der Waals surface area contributed by atoms with Crippen LogP contribution in [-0.4, -0.2) is 15.3 Å². The van der Waals surface area contributed by atoms with Gasteiger partial charge < -0.3 is 9.52 Å². The Hall–Kier alpha value is -1.84. The Bertz CT molecular complexity index is 446. The summed E-state index contributed by atoms with van der Waals surface area (Å²) in [6, 6.07) is 7.84. The summed E-state index contributed by atoms with van der Waals surface area (Å²) >= 11 is 0. The molecule has 1 aromatic heterocycles. The fourth-order valence-corrected chi connectivity index (χ4v) is 1.34. The van der Waals surface area contributed by atoms with Crippen LogP contribution in [0.1, 0.15) is 25.3 Å². The maximum absolute atomic E-state index is 8.92. The van der Waals surface area contributed by atoms with E-state index in [0.717, 1.165) is 5.56 Å². The number of aromatic nitrogens is 2. The molecule has 1 N–H and O–H groups in total. The topological polar surface area (TPSA) is 59.2 Å². The molecule has 0 aliphatic heterocycles. The summed E-state index contributed by atoms with van der Waals surface area (Å²) in [5, 5.41) is 16.0. The van der Waals surface area contributed by atoms with Gasteiger partial charge in [0.2, 0.25) is 0 Å². The van der Waals surface area contributed by atoms with Crippen LogP contribution < -0.4 is 0 Å². The average molecular weight is 204 g/mol. The third-order valence-corrected chi connectivity index (χ3v) is 2.24. The van der Waals surface area contributed by atoms with Crippen molar-refractivity contribution in [3.63, 3.8) is 0 Å². The highest BCUT2D eigenvalue weighted by molar-refractivity contribution is 5.53. The molecule has 0 unspecified atom stereocenters. The smallest absolute Gasteiger partial charge is 0.412 e. The summed E-state index contributed by atoms with van der Waals surface area (Å²) in [7, 11) is 0. The van der Waals surface area contributed by atoms with E-state index < -0.39 is 6.08 Å². The lowest BCUT2D eigenvalue weighted by Gasteiger charge is -2.04. The second kappa shape index (κ2) is 3.73. The molecule has 0 spiro atoms. The van der Waals surface area contributed by atoms with E-state index in [1.807, 2.05) is 24.3 Å². The van der Waals surface area contributed by atoms with Crippen LogP contribution in [0.15, 0.2) is 28.7 Å². The third-order valence-electron chi connectivity index (χ3n) is 2.24. The Morgan fingerprint density at radius 1 is 1.13 bits per heavy atom. The van der Waals surface area contributed by atoms with Gasteiger partial charge in [0.25, 0.3) is 5.89 Å². The normalized spacial score (nSPS) is 10.9. The van der Waals surface area contributed by atoms with Gasteiger partial charge in [-0.3, -0.25) is 0 Å². The van der Waals surface area contributed by atoms with Crippen LogP contribution >= 0.6 is 0 Å². The zero-order chi connectivity index (χ0) is 10.8. The van der Waals surface area contributed by atoms with Crippen LogP contribution in [-0.2, 0) is 0 Å². The van der Waals surface area contributed by atoms with E-state index in [1.54, 1.807) is 0 Å². The molecule has 0 fully saturated rings. The molecule has 0 saturated heterocycles. The van der Waals surface area contributed by atoms with Gasteiger partial charge in [0, 0.05) is 5.56 Å². The zero-order valence-corrected chi connectivity index (χ0v) is 8.64. The minimum atomic E-state index is -0.405. The molecule has 0 aliphatic carbocycles. The van der Waals surface area contributed by atoms with Crippen LogP contribution in [0.4, 0.5) is 0 Å². The largest absolute Gasteiger partial charge is 0.465 e. The minimum Gasteiger partial charge on any atom is -0.465 e. The maximum atomic E-state index is 8.92. The van der Waals surface area contributed by atoms with Crippen LogP contribution in [0.3, 0.4) is 0 Å².